The van der Waals surface area contributed by atoms with Gasteiger partial charge in [-0.15, -0.1) is 0 Å². The highest BCUT2D eigenvalue weighted by Crippen LogP contribution is 2.24. The van der Waals surface area contributed by atoms with Crippen LogP contribution in [0.4, 0.5) is 5.95 Å². The van der Waals surface area contributed by atoms with Gasteiger partial charge in [0, 0.05) is 14.1 Å². The van der Waals surface area contributed by atoms with Crippen LogP contribution in [0.15, 0.2) is 4.52 Å². The zero-order chi connectivity index (χ0) is 11.6. The first-order valence-electron chi connectivity index (χ1n) is 4.95. The molecule has 1 unspecified atom stereocenters. The molecule has 0 fully saturated rings. The summed E-state index contributed by atoms with van der Waals surface area (Å²) in [7, 11) is 3.65. The summed E-state index contributed by atoms with van der Waals surface area (Å²) < 4.78 is 5.09. The van der Waals surface area contributed by atoms with Crippen LogP contribution in [0.5, 0.6) is 0 Å². The molecule has 0 bridgehead atoms. The van der Waals surface area contributed by atoms with E-state index in [1.54, 1.807) is 11.8 Å². The number of carbonyl (C=O) groups is 1. The predicted octanol–water partition coefficient (Wildman–Crippen LogP) is 1.46. The van der Waals surface area contributed by atoms with Gasteiger partial charge in [-0.3, -0.25) is 4.79 Å². The Balaban J connectivity index is 2.97. The van der Waals surface area contributed by atoms with Crippen LogP contribution in [0.2, 0.25) is 0 Å². The molecule has 1 rings (SSSR count). The number of rotatable bonds is 4. The Bertz CT molecular complexity index is 344. The molecule has 1 aromatic rings. The Labute approximate surface area is 89.5 Å². The van der Waals surface area contributed by atoms with E-state index < -0.39 is 0 Å². The van der Waals surface area contributed by atoms with Crippen LogP contribution in [0.1, 0.15) is 32.6 Å². The lowest BCUT2D eigenvalue weighted by Gasteiger charge is -2.12. The second kappa shape index (κ2) is 4.42. The van der Waals surface area contributed by atoms with Crippen LogP contribution in [-0.4, -0.2) is 30.0 Å². The number of carbonyl (C=O) groups excluding carboxylic acids is 1. The minimum atomic E-state index is -0.300. The highest BCUT2D eigenvalue weighted by atomic mass is 16.5. The lowest BCUT2D eigenvalue weighted by molar-refractivity contribution is -0.119. The van der Waals surface area contributed by atoms with Crippen LogP contribution in [-0.2, 0) is 4.79 Å². The summed E-state index contributed by atoms with van der Waals surface area (Å²) in [5, 5.41) is 3.79. The average Bonchev–Trinajstić information content (AvgIpc) is 2.51. The Hall–Kier alpha value is -1.39. The normalized spacial score (nSPS) is 12.9. The van der Waals surface area contributed by atoms with E-state index in [9.17, 15) is 4.79 Å². The molecule has 1 atom stereocenters. The summed E-state index contributed by atoms with van der Waals surface area (Å²) in [6.07, 6.45) is 0. The quantitative estimate of drug-likeness (QED) is 0.754. The van der Waals surface area contributed by atoms with E-state index in [1.165, 1.54) is 0 Å². The number of Topliss-reactive ketones (excluding diaryl/α,β-unsaturated/α-hetero) is 1. The van der Waals surface area contributed by atoms with Crippen molar-refractivity contribution in [2.75, 3.05) is 19.0 Å². The van der Waals surface area contributed by atoms with Gasteiger partial charge in [-0.1, -0.05) is 13.8 Å². The first-order chi connectivity index (χ1) is 6.93. The van der Waals surface area contributed by atoms with Crippen LogP contribution in [0.3, 0.4) is 0 Å². The maximum Gasteiger partial charge on any atom is 0.265 e. The molecule has 84 valence electrons. The lowest BCUT2D eigenvalue weighted by Crippen LogP contribution is -2.16. The van der Waals surface area contributed by atoms with E-state index in [1.807, 2.05) is 27.9 Å². The molecule has 0 aliphatic heterocycles. The van der Waals surface area contributed by atoms with E-state index in [2.05, 4.69) is 10.1 Å². The van der Waals surface area contributed by atoms with Crippen molar-refractivity contribution in [3.63, 3.8) is 0 Å². The fourth-order valence-corrected chi connectivity index (χ4v) is 1.46. The van der Waals surface area contributed by atoms with Crippen molar-refractivity contribution in [2.24, 2.45) is 5.92 Å². The molecule has 0 aliphatic rings. The zero-order valence-electron chi connectivity index (χ0n) is 9.81. The number of nitrogens with zero attached hydrogens (tertiary/aromatic N) is 3. The van der Waals surface area contributed by atoms with Crippen LogP contribution in [0.25, 0.3) is 0 Å². The third-order valence-electron chi connectivity index (χ3n) is 2.20. The van der Waals surface area contributed by atoms with Gasteiger partial charge in [-0.2, -0.15) is 4.98 Å². The van der Waals surface area contributed by atoms with E-state index in [0.717, 1.165) is 0 Å². The molecule has 0 saturated heterocycles. The SMILES string of the molecule is CC(=O)C(c1nc(N(C)C)no1)C(C)C. The van der Waals surface area contributed by atoms with Gasteiger partial charge >= 0.3 is 0 Å². The van der Waals surface area contributed by atoms with Gasteiger partial charge in [0.25, 0.3) is 5.95 Å². The van der Waals surface area contributed by atoms with E-state index in [0.29, 0.717) is 11.8 Å². The van der Waals surface area contributed by atoms with Gasteiger partial charge in [0.2, 0.25) is 5.89 Å². The molecule has 0 amide bonds. The van der Waals surface area contributed by atoms with Gasteiger partial charge in [-0.05, 0) is 18.0 Å². The summed E-state index contributed by atoms with van der Waals surface area (Å²) in [6.45, 7) is 5.47. The fourth-order valence-electron chi connectivity index (χ4n) is 1.46. The molecular formula is C10H17N3O2. The van der Waals surface area contributed by atoms with Gasteiger partial charge in [0.15, 0.2) is 0 Å². The van der Waals surface area contributed by atoms with Crippen molar-refractivity contribution >= 4 is 11.7 Å². The highest BCUT2D eigenvalue weighted by Gasteiger charge is 2.27. The molecule has 1 aromatic heterocycles. The summed E-state index contributed by atoms with van der Waals surface area (Å²) in [5.74, 6) is 0.821. The van der Waals surface area contributed by atoms with Gasteiger partial charge < -0.3 is 9.42 Å². The van der Waals surface area contributed by atoms with E-state index >= 15 is 0 Å². The van der Waals surface area contributed by atoms with Crippen LogP contribution in [0, 0.1) is 5.92 Å². The maximum absolute atomic E-state index is 11.4. The second-order valence-corrected chi connectivity index (χ2v) is 4.16. The summed E-state index contributed by atoms with van der Waals surface area (Å²) in [4.78, 5) is 17.3. The van der Waals surface area contributed by atoms with Crippen molar-refractivity contribution < 1.29 is 9.32 Å². The summed E-state index contributed by atoms with van der Waals surface area (Å²) >= 11 is 0. The van der Waals surface area contributed by atoms with Crippen molar-refractivity contribution in [1.29, 1.82) is 0 Å². The van der Waals surface area contributed by atoms with Crippen molar-refractivity contribution in [3.05, 3.63) is 5.89 Å². The Morgan fingerprint density at radius 3 is 2.33 bits per heavy atom. The molecular weight excluding hydrogens is 194 g/mol. The fraction of sp³-hybridized carbons (Fsp3) is 0.700. The van der Waals surface area contributed by atoms with E-state index in [-0.39, 0.29) is 17.6 Å². The third kappa shape index (κ3) is 2.55. The Morgan fingerprint density at radius 2 is 2.00 bits per heavy atom. The first kappa shape index (κ1) is 11.7. The molecule has 5 nitrogen and oxygen atoms in total. The van der Waals surface area contributed by atoms with Gasteiger partial charge in [-0.25, -0.2) is 0 Å². The molecule has 0 saturated carbocycles. The van der Waals surface area contributed by atoms with Crippen molar-refractivity contribution in [2.45, 2.75) is 26.7 Å². The molecule has 0 aromatic carbocycles. The average molecular weight is 211 g/mol. The van der Waals surface area contributed by atoms with E-state index in [4.69, 9.17) is 4.52 Å². The zero-order valence-corrected chi connectivity index (χ0v) is 9.81. The van der Waals surface area contributed by atoms with Crippen LogP contribution < -0.4 is 4.90 Å². The number of aromatic nitrogens is 2. The molecule has 1 heterocycles. The Kier molecular flexibility index (Phi) is 3.44. The third-order valence-corrected chi connectivity index (χ3v) is 2.20. The topological polar surface area (TPSA) is 59.2 Å². The van der Waals surface area contributed by atoms with Gasteiger partial charge in [0.05, 0.1) is 5.92 Å². The first-order valence-corrected chi connectivity index (χ1v) is 4.95. The standard InChI is InChI=1S/C10H17N3O2/c1-6(2)8(7(3)14)9-11-10(12-15-9)13(4)5/h6,8H,1-5H3. The summed E-state index contributed by atoms with van der Waals surface area (Å²) in [6, 6.07) is 0. The maximum atomic E-state index is 11.4. The molecule has 15 heavy (non-hydrogen) atoms. The smallest absolute Gasteiger partial charge is 0.265 e. The largest absolute Gasteiger partial charge is 0.344 e. The number of hydrogen-bond donors (Lipinski definition) is 0. The lowest BCUT2D eigenvalue weighted by atomic mass is 9.92. The van der Waals surface area contributed by atoms with Crippen LogP contribution >= 0.6 is 0 Å². The predicted molar refractivity (Wildman–Crippen MR) is 56.9 cm³/mol. The van der Waals surface area contributed by atoms with Crippen molar-refractivity contribution in [1.82, 2.24) is 10.1 Å². The minimum Gasteiger partial charge on any atom is -0.344 e. The van der Waals surface area contributed by atoms with Gasteiger partial charge in [0.1, 0.15) is 5.78 Å². The number of anilines is 1. The minimum absolute atomic E-state index is 0.0546. The second-order valence-electron chi connectivity index (χ2n) is 4.16. The summed E-state index contributed by atoms with van der Waals surface area (Å²) in [5.41, 5.74) is 0. The number of hydrogen-bond acceptors (Lipinski definition) is 5. The Morgan fingerprint density at radius 1 is 1.40 bits per heavy atom. The molecule has 0 spiro atoms. The number of ketones is 1. The highest BCUT2D eigenvalue weighted by molar-refractivity contribution is 5.82. The molecule has 0 N–H and O–H groups in total. The molecule has 5 heteroatoms. The molecule has 0 aliphatic carbocycles. The molecule has 0 radical (unpaired) electrons. The van der Waals surface area contributed by atoms with Crippen molar-refractivity contribution in [3.8, 4) is 0 Å². The monoisotopic (exact) mass is 211 g/mol.